The van der Waals surface area contributed by atoms with Gasteiger partial charge in [0.05, 0.1) is 18.7 Å². The van der Waals surface area contributed by atoms with Crippen LogP contribution < -0.4 is 0 Å². The second kappa shape index (κ2) is 8.42. The second-order valence-corrected chi connectivity index (χ2v) is 6.97. The Labute approximate surface area is 164 Å². The van der Waals surface area contributed by atoms with Crippen LogP contribution in [0, 0.1) is 6.92 Å². The molecule has 1 aromatic heterocycles. The topological polar surface area (TPSA) is 45.5 Å². The van der Waals surface area contributed by atoms with Crippen LogP contribution in [0.2, 0.25) is 5.02 Å². The zero-order chi connectivity index (χ0) is 19.4. The minimum absolute atomic E-state index is 0.0139. The Balaban J connectivity index is 2.06. The molecule has 0 aliphatic rings. The molecular formula is C22H23ClN2O2. The van der Waals surface area contributed by atoms with Crippen molar-refractivity contribution in [1.29, 1.82) is 0 Å². The largest absolute Gasteiger partial charge is 0.395 e. The molecule has 0 spiro atoms. The lowest BCUT2D eigenvalue weighted by Gasteiger charge is -2.16. The Morgan fingerprint density at radius 3 is 2.41 bits per heavy atom. The number of hydrogen-bond donors (Lipinski definition) is 1. The number of aromatic nitrogens is 1. The fourth-order valence-corrected chi connectivity index (χ4v) is 3.28. The number of carbonyl (C=O) groups is 1. The van der Waals surface area contributed by atoms with E-state index in [0.717, 1.165) is 28.2 Å². The fourth-order valence-electron chi connectivity index (χ4n) is 3.15. The Hall–Kier alpha value is -2.56. The van der Waals surface area contributed by atoms with Gasteiger partial charge >= 0.3 is 0 Å². The van der Waals surface area contributed by atoms with Crippen LogP contribution in [0.15, 0.2) is 60.7 Å². The normalized spacial score (nSPS) is 10.8. The number of nitrogens with zero attached hydrogens (tertiary/aromatic N) is 2. The fraction of sp³-hybridized carbons (Fsp3) is 0.227. The first kappa shape index (κ1) is 19.2. The molecular weight excluding hydrogens is 360 g/mol. The molecule has 27 heavy (non-hydrogen) atoms. The number of likely N-dealkylation sites (N-methyl/N-ethyl adjacent to an activating group) is 1. The second-order valence-electron chi connectivity index (χ2n) is 6.53. The van der Waals surface area contributed by atoms with Crippen molar-refractivity contribution in [3.63, 3.8) is 0 Å². The van der Waals surface area contributed by atoms with Crippen molar-refractivity contribution in [2.45, 2.75) is 13.3 Å². The molecule has 2 aromatic carbocycles. The molecule has 0 unspecified atom stereocenters. The van der Waals surface area contributed by atoms with Gasteiger partial charge in [0.25, 0.3) is 0 Å². The first-order valence-electron chi connectivity index (χ1n) is 8.88. The minimum atomic E-state index is -0.0394. The number of aliphatic hydroxyl groups is 1. The number of carbonyl (C=O) groups excluding carboxylic acids is 1. The Kier molecular flexibility index (Phi) is 5.99. The molecule has 1 amide bonds. The van der Waals surface area contributed by atoms with Gasteiger partial charge in [-0.3, -0.25) is 4.79 Å². The lowest BCUT2D eigenvalue weighted by Crippen LogP contribution is -2.30. The van der Waals surface area contributed by atoms with Crippen LogP contribution in [0.5, 0.6) is 0 Å². The van der Waals surface area contributed by atoms with Gasteiger partial charge in [-0.15, -0.1) is 0 Å². The van der Waals surface area contributed by atoms with E-state index in [4.69, 9.17) is 16.7 Å². The molecule has 1 heterocycles. The van der Waals surface area contributed by atoms with Crippen molar-refractivity contribution in [2.75, 3.05) is 20.2 Å². The molecule has 0 saturated carbocycles. The summed E-state index contributed by atoms with van der Waals surface area (Å²) in [4.78, 5) is 14.0. The van der Waals surface area contributed by atoms with E-state index in [0.29, 0.717) is 18.0 Å². The third kappa shape index (κ3) is 4.24. The summed E-state index contributed by atoms with van der Waals surface area (Å²) in [6.45, 7) is 2.32. The maximum atomic E-state index is 12.5. The molecule has 0 atom stereocenters. The summed E-state index contributed by atoms with van der Waals surface area (Å²) in [7, 11) is 1.71. The van der Waals surface area contributed by atoms with Gasteiger partial charge in [0, 0.05) is 30.0 Å². The van der Waals surface area contributed by atoms with Gasteiger partial charge in [-0.25, -0.2) is 0 Å². The molecule has 0 saturated heterocycles. The molecule has 3 rings (SSSR count). The quantitative estimate of drug-likeness (QED) is 0.697. The van der Waals surface area contributed by atoms with Crippen molar-refractivity contribution in [3.8, 4) is 16.9 Å². The first-order valence-corrected chi connectivity index (χ1v) is 9.26. The van der Waals surface area contributed by atoms with Crippen LogP contribution in [0.3, 0.4) is 0 Å². The van der Waals surface area contributed by atoms with Crippen LogP contribution in [0.1, 0.15) is 11.3 Å². The monoisotopic (exact) mass is 382 g/mol. The highest BCUT2D eigenvalue weighted by Crippen LogP contribution is 2.30. The van der Waals surface area contributed by atoms with Gasteiger partial charge in [-0.05, 0) is 48.4 Å². The van der Waals surface area contributed by atoms with Crippen molar-refractivity contribution in [3.05, 3.63) is 76.9 Å². The third-order valence-electron chi connectivity index (χ3n) is 4.71. The highest BCUT2D eigenvalue weighted by atomic mass is 35.5. The SMILES string of the molecule is Cc1c(CC(=O)N(C)CCO)cc(-c2ccc(Cl)cc2)n1-c1ccccc1. The van der Waals surface area contributed by atoms with Crippen molar-refractivity contribution >= 4 is 17.5 Å². The molecule has 0 radical (unpaired) electrons. The molecule has 0 bridgehead atoms. The maximum absolute atomic E-state index is 12.5. The lowest BCUT2D eigenvalue weighted by molar-refractivity contribution is -0.129. The van der Waals surface area contributed by atoms with Crippen molar-refractivity contribution < 1.29 is 9.90 Å². The maximum Gasteiger partial charge on any atom is 0.226 e. The molecule has 0 aliphatic heterocycles. The number of halogens is 1. The number of hydrogen-bond acceptors (Lipinski definition) is 2. The van der Waals surface area contributed by atoms with E-state index in [-0.39, 0.29) is 12.5 Å². The van der Waals surface area contributed by atoms with Crippen LogP contribution in [0.4, 0.5) is 0 Å². The van der Waals surface area contributed by atoms with Crippen LogP contribution in [-0.4, -0.2) is 40.7 Å². The summed E-state index contributed by atoms with van der Waals surface area (Å²) in [5.41, 5.74) is 5.09. The van der Waals surface area contributed by atoms with Crippen LogP contribution in [-0.2, 0) is 11.2 Å². The highest BCUT2D eigenvalue weighted by molar-refractivity contribution is 6.30. The van der Waals surface area contributed by atoms with Crippen LogP contribution >= 0.6 is 11.6 Å². The van der Waals surface area contributed by atoms with Gasteiger partial charge in [0.15, 0.2) is 0 Å². The highest BCUT2D eigenvalue weighted by Gasteiger charge is 2.18. The molecule has 0 aliphatic carbocycles. The third-order valence-corrected chi connectivity index (χ3v) is 4.96. The summed E-state index contributed by atoms with van der Waals surface area (Å²) in [6.07, 6.45) is 0.294. The van der Waals surface area contributed by atoms with Crippen molar-refractivity contribution in [1.82, 2.24) is 9.47 Å². The van der Waals surface area contributed by atoms with E-state index < -0.39 is 0 Å². The number of aliphatic hydroxyl groups excluding tert-OH is 1. The smallest absolute Gasteiger partial charge is 0.226 e. The predicted octanol–water partition coefficient (Wildman–Crippen LogP) is 4.10. The average molecular weight is 383 g/mol. The summed E-state index contributed by atoms with van der Waals surface area (Å²) in [5, 5.41) is 9.75. The molecule has 5 heteroatoms. The lowest BCUT2D eigenvalue weighted by atomic mass is 10.1. The molecule has 0 fully saturated rings. The summed E-state index contributed by atoms with van der Waals surface area (Å²) >= 11 is 6.05. The summed E-state index contributed by atoms with van der Waals surface area (Å²) in [5.74, 6) is -0.0139. The van der Waals surface area contributed by atoms with Crippen molar-refractivity contribution in [2.24, 2.45) is 0 Å². The zero-order valence-corrected chi connectivity index (χ0v) is 16.3. The summed E-state index contributed by atoms with van der Waals surface area (Å²) in [6, 6.07) is 19.9. The minimum Gasteiger partial charge on any atom is -0.395 e. The van der Waals surface area contributed by atoms with E-state index in [1.165, 1.54) is 0 Å². The Morgan fingerprint density at radius 2 is 1.78 bits per heavy atom. The number of rotatable bonds is 6. The number of para-hydroxylation sites is 1. The number of benzene rings is 2. The van der Waals surface area contributed by atoms with Gasteiger partial charge < -0.3 is 14.6 Å². The Bertz CT molecular complexity index is 917. The first-order chi connectivity index (χ1) is 13.0. The van der Waals surface area contributed by atoms with E-state index in [1.807, 2.05) is 49.4 Å². The van der Waals surface area contributed by atoms with Gasteiger partial charge in [-0.1, -0.05) is 41.9 Å². The van der Waals surface area contributed by atoms with E-state index in [1.54, 1.807) is 11.9 Å². The average Bonchev–Trinajstić information content (AvgIpc) is 2.99. The molecule has 1 N–H and O–H groups in total. The Morgan fingerprint density at radius 1 is 1.11 bits per heavy atom. The van der Waals surface area contributed by atoms with Gasteiger partial charge in [0.1, 0.15) is 0 Å². The summed E-state index contributed by atoms with van der Waals surface area (Å²) < 4.78 is 2.16. The van der Waals surface area contributed by atoms with E-state index >= 15 is 0 Å². The standard InChI is InChI=1S/C22H23ClN2O2/c1-16-18(15-22(27)24(2)12-13-26)14-21(17-8-10-19(23)11-9-17)25(16)20-6-4-3-5-7-20/h3-11,14,26H,12-13,15H2,1-2H3. The molecule has 3 aromatic rings. The van der Waals surface area contributed by atoms with Crippen LogP contribution in [0.25, 0.3) is 16.9 Å². The predicted molar refractivity (Wildman–Crippen MR) is 109 cm³/mol. The molecule has 4 nitrogen and oxygen atoms in total. The van der Waals surface area contributed by atoms with Gasteiger partial charge in [-0.2, -0.15) is 0 Å². The van der Waals surface area contributed by atoms with E-state index in [9.17, 15) is 4.79 Å². The van der Waals surface area contributed by atoms with Gasteiger partial charge in [0.2, 0.25) is 5.91 Å². The number of amides is 1. The van der Waals surface area contributed by atoms with E-state index in [2.05, 4.69) is 22.8 Å². The molecule has 140 valence electrons. The zero-order valence-electron chi connectivity index (χ0n) is 15.5.